The second-order valence-electron chi connectivity index (χ2n) is 4.89. The van der Waals surface area contributed by atoms with Gasteiger partial charge in [0.05, 0.1) is 0 Å². The third-order valence-electron chi connectivity index (χ3n) is 3.31. The Morgan fingerprint density at radius 2 is 2.00 bits per heavy atom. The maximum absolute atomic E-state index is 11.6. The van der Waals surface area contributed by atoms with Crippen molar-refractivity contribution in [1.82, 2.24) is 9.97 Å². The number of carbonyl (C=O) groups is 1. The molecule has 23 heavy (non-hydrogen) atoms. The van der Waals surface area contributed by atoms with Crippen LogP contribution in [0.2, 0.25) is 5.02 Å². The van der Waals surface area contributed by atoms with Crippen molar-refractivity contribution in [2.24, 2.45) is 0 Å². The number of rotatable bonds is 5. The third-order valence-corrected chi connectivity index (χ3v) is 3.57. The molecule has 3 rings (SSSR count). The van der Waals surface area contributed by atoms with Gasteiger partial charge in [-0.05, 0) is 42.0 Å². The number of pyridine rings is 2. The molecule has 5 heteroatoms. The van der Waals surface area contributed by atoms with E-state index in [1.165, 1.54) is 6.08 Å². The van der Waals surface area contributed by atoms with Gasteiger partial charge >= 0.3 is 0 Å². The molecule has 2 aromatic heterocycles. The molecule has 4 nitrogen and oxygen atoms in total. The highest BCUT2D eigenvalue weighted by Crippen LogP contribution is 2.29. The van der Waals surface area contributed by atoms with Gasteiger partial charge in [0.1, 0.15) is 11.3 Å². The van der Waals surface area contributed by atoms with Crippen LogP contribution in [0.1, 0.15) is 5.56 Å². The molecule has 0 radical (unpaired) electrons. The number of ketones is 1. The zero-order valence-electron chi connectivity index (χ0n) is 12.2. The first-order valence-electron chi connectivity index (χ1n) is 6.98. The molecule has 0 saturated heterocycles. The molecule has 3 aromatic rings. The van der Waals surface area contributed by atoms with Crippen molar-refractivity contribution in [3.63, 3.8) is 0 Å². The van der Waals surface area contributed by atoms with Crippen LogP contribution >= 0.6 is 11.6 Å². The average Bonchev–Trinajstić information content (AvgIpc) is 2.59. The highest BCUT2D eigenvalue weighted by Gasteiger charge is 2.12. The lowest BCUT2D eigenvalue weighted by atomic mass is 10.1. The Kier molecular flexibility index (Phi) is 4.35. The summed E-state index contributed by atoms with van der Waals surface area (Å²) in [6.07, 6.45) is 4.84. The van der Waals surface area contributed by atoms with Gasteiger partial charge in [-0.3, -0.25) is 9.78 Å². The molecular formula is C18H13ClN2O2. The average molecular weight is 325 g/mol. The second kappa shape index (κ2) is 6.58. The van der Waals surface area contributed by atoms with E-state index >= 15 is 0 Å². The van der Waals surface area contributed by atoms with Gasteiger partial charge in [-0.1, -0.05) is 24.2 Å². The van der Waals surface area contributed by atoms with Crippen LogP contribution in [0.15, 0.2) is 61.4 Å². The maximum Gasteiger partial charge on any atom is 0.246 e. The van der Waals surface area contributed by atoms with Crippen molar-refractivity contribution in [3.05, 3.63) is 72.0 Å². The van der Waals surface area contributed by atoms with Crippen LogP contribution < -0.4 is 4.74 Å². The van der Waals surface area contributed by atoms with Gasteiger partial charge in [-0.25, -0.2) is 4.98 Å². The van der Waals surface area contributed by atoms with Crippen LogP contribution in [-0.2, 0) is 11.2 Å². The van der Waals surface area contributed by atoms with Crippen molar-refractivity contribution >= 4 is 28.3 Å². The van der Waals surface area contributed by atoms with E-state index in [1.807, 2.05) is 12.1 Å². The summed E-state index contributed by atoms with van der Waals surface area (Å²) in [5.41, 5.74) is 1.40. The van der Waals surface area contributed by atoms with E-state index in [-0.39, 0.29) is 12.2 Å². The summed E-state index contributed by atoms with van der Waals surface area (Å²) in [5, 5.41) is 1.47. The Balaban J connectivity index is 2.02. The largest absolute Gasteiger partial charge is 0.437 e. The molecule has 0 spiro atoms. The number of hydrogen-bond donors (Lipinski definition) is 0. The van der Waals surface area contributed by atoms with Crippen molar-refractivity contribution in [1.29, 1.82) is 0 Å². The lowest BCUT2D eigenvalue weighted by Gasteiger charge is -2.10. The first-order chi connectivity index (χ1) is 11.2. The van der Waals surface area contributed by atoms with Crippen LogP contribution in [0.5, 0.6) is 11.6 Å². The zero-order chi connectivity index (χ0) is 16.2. The van der Waals surface area contributed by atoms with Crippen LogP contribution in [0, 0.1) is 0 Å². The van der Waals surface area contributed by atoms with Crippen molar-refractivity contribution < 1.29 is 9.53 Å². The summed E-state index contributed by atoms with van der Waals surface area (Å²) >= 11 is 5.87. The normalized spacial score (nSPS) is 10.5. The summed E-state index contributed by atoms with van der Waals surface area (Å²) in [7, 11) is 0. The van der Waals surface area contributed by atoms with Crippen molar-refractivity contribution in [3.8, 4) is 11.6 Å². The fraction of sp³-hybridized carbons (Fsp3) is 0.0556. The summed E-state index contributed by atoms with van der Waals surface area (Å²) in [6.45, 7) is 3.50. The van der Waals surface area contributed by atoms with Gasteiger partial charge in [-0.2, -0.15) is 0 Å². The highest BCUT2D eigenvalue weighted by molar-refractivity contribution is 6.30. The molecule has 0 unspecified atom stereocenters. The standard InChI is InChI=1S/C18H13ClN2O2/c1-2-14(22)10-12-11-21-18(17-16(12)4-3-9-20-17)23-15-7-5-13(19)6-8-15/h2-9,11H,1,10H2. The van der Waals surface area contributed by atoms with E-state index in [2.05, 4.69) is 16.5 Å². The number of aromatic nitrogens is 2. The Morgan fingerprint density at radius 3 is 2.74 bits per heavy atom. The molecule has 0 saturated carbocycles. The minimum absolute atomic E-state index is 0.0664. The lowest BCUT2D eigenvalue weighted by Crippen LogP contribution is -2.01. The molecule has 2 heterocycles. The Morgan fingerprint density at radius 1 is 1.22 bits per heavy atom. The molecule has 0 aliphatic rings. The number of fused-ring (bicyclic) bond motifs is 1. The molecule has 1 aromatic carbocycles. The predicted molar refractivity (Wildman–Crippen MR) is 90.0 cm³/mol. The quantitative estimate of drug-likeness (QED) is 0.654. The predicted octanol–water partition coefficient (Wildman–Crippen LogP) is 4.37. The molecule has 0 N–H and O–H groups in total. The van der Waals surface area contributed by atoms with Gasteiger partial charge in [0.15, 0.2) is 5.78 Å². The second-order valence-corrected chi connectivity index (χ2v) is 5.33. The number of carbonyl (C=O) groups excluding carboxylic acids is 1. The Bertz CT molecular complexity index is 876. The van der Waals surface area contributed by atoms with E-state index in [4.69, 9.17) is 16.3 Å². The number of hydrogen-bond acceptors (Lipinski definition) is 4. The minimum atomic E-state index is -0.0664. The molecule has 0 aliphatic heterocycles. The molecule has 114 valence electrons. The van der Waals surface area contributed by atoms with Crippen LogP contribution in [-0.4, -0.2) is 15.8 Å². The summed E-state index contributed by atoms with van der Waals surface area (Å²) < 4.78 is 5.80. The minimum Gasteiger partial charge on any atom is -0.437 e. The monoisotopic (exact) mass is 324 g/mol. The lowest BCUT2D eigenvalue weighted by molar-refractivity contribution is -0.114. The van der Waals surface area contributed by atoms with Gasteiger partial charge < -0.3 is 4.74 Å². The van der Waals surface area contributed by atoms with E-state index < -0.39 is 0 Å². The smallest absolute Gasteiger partial charge is 0.246 e. The van der Waals surface area contributed by atoms with E-state index in [9.17, 15) is 4.79 Å². The zero-order valence-corrected chi connectivity index (χ0v) is 13.0. The number of ether oxygens (including phenoxy) is 1. The molecular weight excluding hydrogens is 312 g/mol. The number of benzene rings is 1. The molecule has 0 aliphatic carbocycles. The fourth-order valence-electron chi connectivity index (χ4n) is 2.19. The maximum atomic E-state index is 11.6. The van der Waals surface area contributed by atoms with Crippen LogP contribution in [0.4, 0.5) is 0 Å². The van der Waals surface area contributed by atoms with Crippen molar-refractivity contribution in [2.75, 3.05) is 0 Å². The number of halogens is 1. The molecule has 0 fully saturated rings. The van der Waals surface area contributed by atoms with Crippen molar-refractivity contribution in [2.45, 2.75) is 6.42 Å². The highest BCUT2D eigenvalue weighted by atomic mass is 35.5. The molecule has 0 amide bonds. The van der Waals surface area contributed by atoms with E-state index in [0.29, 0.717) is 22.2 Å². The summed E-state index contributed by atoms with van der Waals surface area (Å²) in [5.74, 6) is 0.935. The number of allylic oxidation sites excluding steroid dienone is 1. The van der Waals surface area contributed by atoms with E-state index in [0.717, 1.165) is 10.9 Å². The first-order valence-corrected chi connectivity index (χ1v) is 7.36. The van der Waals surface area contributed by atoms with E-state index in [1.54, 1.807) is 36.7 Å². The fourth-order valence-corrected chi connectivity index (χ4v) is 2.32. The third kappa shape index (κ3) is 3.38. The summed E-state index contributed by atoms with van der Waals surface area (Å²) in [6, 6.07) is 10.7. The van der Waals surface area contributed by atoms with Crippen LogP contribution in [0.25, 0.3) is 10.9 Å². The van der Waals surface area contributed by atoms with Gasteiger partial charge in [-0.15, -0.1) is 0 Å². The molecule has 0 atom stereocenters. The molecule has 0 bridgehead atoms. The Labute approximate surface area is 138 Å². The topological polar surface area (TPSA) is 52.1 Å². The van der Waals surface area contributed by atoms with Crippen LogP contribution in [0.3, 0.4) is 0 Å². The van der Waals surface area contributed by atoms with Gasteiger partial charge in [0.25, 0.3) is 0 Å². The SMILES string of the molecule is C=CC(=O)Cc1cnc(Oc2ccc(Cl)cc2)c2ncccc12. The van der Waals surface area contributed by atoms with Gasteiger partial charge in [0.2, 0.25) is 5.88 Å². The van der Waals surface area contributed by atoms with Gasteiger partial charge in [0, 0.05) is 29.2 Å². The Hall–Kier alpha value is -2.72. The summed E-state index contributed by atoms with van der Waals surface area (Å²) in [4.78, 5) is 20.3. The first kappa shape index (κ1) is 15.2. The number of nitrogens with zero attached hydrogens (tertiary/aromatic N) is 2.